The lowest BCUT2D eigenvalue weighted by molar-refractivity contribution is 0.983. The Kier molecular flexibility index (Phi) is 4.99. The second-order valence-electron chi connectivity index (χ2n) is 3.94. The largest absolute Gasteiger partial charge is 0.370 e. The van der Waals surface area contributed by atoms with E-state index >= 15 is 0 Å². The van der Waals surface area contributed by atoms with E-state index in [1.54, 1.807) is 18.0 Å². The average molecular weight is 295 g/mol. The first kappa shape index (κ1) is 14.1. The summed E-state index contributed by atoms with van der Waals surface area (Å²) >= 11 is 7.40. The smallest absolute Gasteiger partial charge is 0.141 e. The molecule has 0 saturated carbocycles. The highest BCUT2D eigenvalue weighted by atomic mass is 35.5. The maximum absolute atomic E-state index is 5.80. The molecule has 0 aromatic carbocycles. The van der Waals surface area contributed by atoms with E-state index in [1.807, 2.05) is 32.0 Å². The molecular formula is C13H15ClN4S. The van der Waals surface area contributed by atoms with Crippen molar-refractivity contribution in [2.24, 2.45) is 0 Å². The van der Waals surface area contributed by atoms with Gasteiger partial charge in [0.2, 0.25) is 0 Å². The lowest BCUT2D eigenvalue weighted by atomic mass is 10.4. The van der Waals surface area contributed by atoms with Gasteiger partial charge in [0.25, 0.3) is 0 Å². The molecule has 0 amide bonds. The van der Waals surface area contributed by atoms with Gasteiger partial charge in [-0.15, -0.1) is 0 Å². The van der Waals surface area contributed by atoms with E-state index in [0.717, 1.165) is 28.9 Å². The van der Waals surface area contributed by atoms with Crippen LogP contribution in [0.4, 0.5) is 5.82 Å². The van der Waals surface area contributed by atoms with Crippen LogP contribution in [-0.4, -0.2) is 21.5 Å². The van der Waals surface area contributed by atoms with Gasteiger partial charge >= 0.3 is 0 Å². The van der Waals surface area contributed by atoms with E-state index < -0.39 is 0 Å². The number of aromatic nitrogens is 3. The van der Waals surface area contributed by atoms with Gasteiger partial charge in [-0.1, -0.05) is 23.4 Å². The van der Waals surface area contributed by atoms with Crippen LogP contribution in [0.1, 0.15) is 18.4 Å². The van der Waals surface area contributed by atoms with Crippen LogP contribution in [0, 0.1) is 6.92 Å². The molecule has 0 aliphatic rings. The van der Waals surface area contributed by atoms with Crippen LogP contribution in [0.15, 0.2) is 29.4 Å². The van der Waals surface area contributed by atoms with Gasteiger partial charge in [-0.05, 0) is 26.0 Å². The molecule has 2 heterocycles. The summed E-state index contributed by atoms with van der Waals surface area (Å²) in [5.41, 5.74) is 0.964. The number of pyridine rings is 1. The van der Waals surface area contributed by atoms with Gasteiger partial charge < -0.3 is 5.32 Å². The van der Waals surface area contributed by atoms with Crippen LogP contribution in [0.25, 0.3) is 0 Å². The van der Waals surface area contributed by atoms with Crippen LogP contribution in [0.3, 0.4) is 0 Å². The average Bonchev–Trinajstić information content (AvgIpc) is 2.38. The second kappa shape index (κ2) is 6.73. The molecule has 100 valence electrons. The van der Waals surface area contributed by atoms with Crippen LogP contribution in [0.5, 0.6) is 0 Å². The van der Waals surface area contributed by atoms with Crippen LogP contribution in [-0.2, 0) is 5.75 Å². The maximum Gasteiger partial charge on any atom is 0.141 e. The fourth-order valence-electron chi connectivity index (χ4n) is 1.55. The Hall–Kier alpha value is -1.33. The Morgan fingerprint density at radius 1 is 1.32 bits per heavy atom. The number of thioether (sulfide) groups is 1. The van der Waals surface area contributed by atoms with Crippen molar-refractivity contribution in [2.45, 2.75) is 24.6 Å². The van der Waals surface area contributed by atoms with Crippen molar-refractivity contribution in [2.75, 3.05) is 11.9 Å². The third-order valence-corrected chi connectivity index (χ3v) is 3.47. The molecule has 0 fully saturated rings. The highest BCUT2D eigenvalue weighted by Crippen LogP contribution is 2.21. The van der Waals surface area contributed by atoms with Gasteiger partial charge in [-0.2, -0.15) is 0 Å². The van der Waals surface area contributed by atoms with E-state index in [9.17, 15) is 0 Å². The number of nitrogens with one attached hydrogen (secondary N) is 1. The molecule has 6 heteroatoms. The number of halogens is 1. The number of aryl methyl sites for hydroxylation is 1. The normalized spacial score (nSPS) is 10.5. The van der Waals surface area contributed by atoms with Crippen LogP contribution < -0.4 is 5.32 Å². The summed E-state index contributed by atoms with van der Waals surface area (Å²) in [6.07, 6.45) is 1.64. The number of rotatable bonds is 5. The molecule has 0 unspecified atom stereocenters. The van der Waals surface area contributed by atoms with E-state index in [2.05, 4.69) is 20.3 Å². The Labute approximate surface area is 122 Å². The summed E-state index contributed by atoms with van der Waals surface area (Å²) in [4.78, 5) is 13.1. The molecule has 0 spiro atoms. The molecule has 2 rings (SSSR count). The molecule has 0 bridgehead atoms. The molecule has 0 aliphatic carbocycles. The first-order valence-electron chi connectivity index (χ1n) is 6.00. The number of anilines is 1. The van der Waals surface area contributed by atoms with Crippen LogP contribution in [0.2, 0.25) is 5.02 Å². The number of hydrogen-bond acceptors (Lipinski definition) is 5. The van der Waals surface area contributed by atoms with E-state index in [1.165, 1.54) is 0 Å². The Bertz CT molecular complexity index is 545. The van der Waals surface area contributed by atoms with E-state index in [0.29, 0.717) is 10.8 Å². The molecule has 0 radical (unpaired) electrons. The molecule has 0 saturated heterocycles. The summed E-state index contributed by atoms with van der Waals surface area (Å²) in [6, 6.07) is 5.67. The number of nitrogens with zero attached hydrogens (tertiary/aromatic N) is 3. The lowest BCUT2D eigenvalue weighted by Gasteiger charge is -2.06. The standard InChI is InChI=1S/C13H15ClN4S/c1-3-15-11-6-9(2)17-12(18-11)8-19-13-5-4-10(14)7-16-13/h4-7H,3,8H2,1-2H3,(H,15,17,18). The summed E-state index contributed by atoms with van der Waals surface area (Å²) < 4.78 is 0. The predicted molar refractivity (Wildman–Crippen MR) is 79.7 cm³/mol. The fraction of sp³-hybridized carbons (Fsp3) is 0.308. The lowest BCUT2D eigenvalue weighted by Crippen LogP contribution is -2.04. The maximum atomic E-state index is 5.80. The molecule has 4 nitrogen and oxygen atoms in total. The van der Waals surface area contributed by atoms with Gasteiger partial charge in [-0.25, -0.2) is 15.0 Å². The van der Waals surface area contributed by atoms with E-state index in [4.69, 9.17) is 11.6 Å². The molecular weight excluding hydrogens is 280 g/mol. The van der Waals surface area contributed by atoms with E-state index in [-0.39, 0.29) is 0 Å². The summed E-state index contributed by atoms with van der Waals surface area (Å²) in [7, 11) is 0. The minimum atomic E-state index is 0.644. The zero-order valence-electron chi connectivity index (χ0n) is 10.9. The minimum Gasteiger partial charge on any atom is -0.370 e. The third kappa shape index (κ3) is 4.36. The van der Waals surface area contributed by atoms with Crippen molar-refractivity contribution in [3.63, 3.8) is 0 Å². The Morgan fingerprint density at radius 3 is 2.84 bits per heavy atom. The molecule has 1 N–H and O–H groups in total. The Balaban J connectivity index is 2.04. The van der Waals surface area contributed by atoms with Gasteiger partial charge in [0.05, 0.1) is 15.8 Å². The van der Waals surface area contributed by atoms with Crippen molar-refractivity contribution >= 4 is 29.2 Å². The SMILES string of the molecule is CCNc1cc(C)nc(CSc2ccc(Cl)cn2)n1. The van der Waals surface area contributed by atoms with Crippen molar-refractivity contribution in [3.8, 4) is 0 Å². The zero-order valence-corrected chi connectivity index (χ0v) is 12.4. The zero-order chi connectivity index (χ0) is 13.7. The predicted octanol–water partition coefficient (Wildman–Crippen LogP) is 3.56. The summed E-state index contributed by atoms with van der Waals surface area (Å²) in [5, 5.41) is 4.76. The van der Waals surface area contributed by atoms with Gasteiger partial charge in [-0.3, -0.25) is 0 Å². The molecule has 2 aromatic rings. The molecule has 0 atom stereocenters. The molecule has 2 aromatic heterocycles. The molecule has 0 aliphatic heterocycles. The summed E-state index contributed by atoms with van der Waals surface area (Å²) in [6.45, 7) is 4.86. The fourth-order valence-corrected chi connectivity index (χ4v) is 2.36. The second-order valence-corrected chi connectivity index (χ2v) is 5.38. The van der Waals surface area contributed by atoms with Crippen molar-refractivity contribution < 1.29 is 0 Å². The van der Waals surface area contributed by atoms with Gasteiger partial charge in [0.1, 0.15) is 11.6 Å². The quantitative estimate of drug-likeness (QED) is 0.855. The highest BCUT2D eigenvalue weighted by molar-refractivity contribution is 7.98. The third-order valence-electron chi connectivity index (χ3n) is 2.31. The van der Waals surface area contributed by atoms with Crippen molar-refractivity contribution in [3.05, 3.63) is 40.9 Å². The molecule has 19 heavy (non-hydrogen) atoms. The van der Waals surface area contributed by atoms with Gasteiger partial charge in [0.15, 0.2) is 0 Å². The topological polar surface area (TPSA) is 50.7 Å². The van der Waals surface area contributed by atoms with Crippen molar-refractivity contribution in [1.82, 2.24) is 15.0 Å². The highest BCUT2D eigenvalue weighted by Gasteiger charge is 2.03. The van der Waals surface area contributed by atoms with Crippen LogP contribution >= 0.6 is 23.4 Å². The minimum absolute atomic E-state index is 0.644. The monoisotopic (exact) mass is 294 g/mol. The van der Waals surface area contributed by atoms with Gasteiger partial charge in [0, 0.05) is 24.5 Å². The Morgan fingerprint density at radius 2 is 2.16 bits per heavy atom. The first-order valence-corrected chi connectivity index (χ1v) is 7.36. The number of hydrogen-bond donors (Lipinski definition) is 1. The first-order chi connectivity index (χ1) is 9.17. The summed E-state index contributed by atoms with van der Waals surface area (Å²) in [5.74, 6) is 2.36. The van der Waals surface area contributed by atoms with Crippen molar-refractivity contribution in [1.29, 1.82) is 0 Å².